The first-order valence-corrected chi connectivity index (χ1v) is 6.08. The zero-order chi connectivity index (χ0) is 12.3. The van der Waals surface area contributed by atoms with Gasteiger partial charge in [-0.3, -0.25) is 4.72 Å². The first-order chi connectivity index (χ1) is 7.33. The number of methoxy groups -OCH3 is 1. The normalized spacial score (nSPS) is 10.9. The number of carbonyl (C=O) groups excluding carboxylic acids is 1. The van der Waals surface area contributed by atoms with Crippen molar-refractivity contribution in [3.05, 3.63) is 29.6 Å². The van der Waals surface area contributed by atoms with Crippen molar-refractivity contribution in [2.75, 3.05) is 18.1 Å². The summed E-state index contributed by atoms with van der Waals surface area (Å²) in [6, 6.07) is 3.27. The van der Waals surface area contributed by atoms with E-state index in [0.29, 0.717) is 0 Å². The van der Waals surface area contributed by atoms with E-state index < -0.39 is 21.8 Å². The molecule has 0 spiro atoms. The van der Waals surface area contributed by atoms with Crippen LogP contribution in [0, 0.1) is 5.82 Å². The predicted molar refractivity (Wildman–Crippen MR) is 56.2 cm³/mol. The van der Waals surface area contributed by atoms with Crippen LogP contribution in [0.25, 0.3) is 0 Å². The van der Waals surface area contributed by atoms with Gasteiger partial charge in [-0.05, 0) is 18.2 Å². The second-order valence-electron chi connectivity index (χ2n) is 3.06. The molecule has 0 radical (unpaired) electrons. The molecular weight excluding hydrogens is 237 g/mol. The fourth-order valence-electron chi connectivity index (χ4n) is 1.07. The Morgan fingerprint density at radius 1 is 1.44 bits per heavy atom. The molecule has 7 heteroatoms. The number of ether oxygens (including phenoxy) is 1. The van der Waals surface area contributed by atoms with E-state index in [4.69, 9.17) is 0 Å². The molecule has 0 amide bonds. The molecule has 0 aliphatic rings. The zero-order valence-electron chi connectivity index (χ0n) is 8.65. The van der Waals surface area contributed by atoms with Crippen molar-refractivity contribution in [1.29, 1.82) is 0 Å². The number of esters is 1. The quantitative estimate of drug-likeness (QED) is 0.808. The molecule has 0 fully saturated rings. The first-order valence-electron chi connectivity index (χ1n) is 4.19. The largest absolute Gasteiger partial charge is 0.465 e. The first kappa shape index (κ1) is 12.4. The molecule has 0 aliphatic heterocycles. The van der Waals surface area contributed by atoms with Crippen molar-refractivity contribution in [3.8, 4) is 0 Å². The van der Waals surface area contributed by atoms with E-state index in [1.807, 2.05) is 0 Å². The molecule has 0 saturated heterocycles. The van der Waals surface area contributed by atoms with E-state index in [2.05, 4.69) is 9.46 Å². The molecule has 0 saturated carbocycles. The average molecular weight is 247 g/mol. The molecule has 5 nitrogen and oxygen atoms in total. The van der Waals surface area contributed by atoms with Crippen LogP contribution in [0.5, 0.6) is 0 Å². The summed E-state index contributed by atoms with van der Waals surface area (Å²) in [5, 5.41) is 0. The average Bonchev–Trinajstić information content (AvgIpc) is 2.18. The number of nitrogens with one attached hydrogen (secondary N) is 1. The number of benzene rings is 1. The maximum atomic E-state index is 13.2. The van der Waals surface area contributed by atoms with Gasteiger partial charge in [0.2, 0.25) is 10.0 Å². The fourth-order valence-corrected chi connectivity index (χ4v) is 1.62. The Kier molecular flexibility index (Phi) is 3.48. The molecule has 1 aromatic carbocycles. The Morgan fingerprint density at radius 3 is 2.56 bits per heavy atom. The minimum atomic E-state index is -3.46. The zero-order valence-corrected chi connectivity index (χ0v) is 9.47. The summed E-state index contributed by atoms with van der Waals surface area (Å²) in [4.78, 5) is 11.1. The number of anilines is 1. The van der Waals surface area contributed by atoms with E-state index in [-0.39, 0.29) is 11.3 Å². The Balaban J connectivity index is 3.12. The summed E-state index contributed by atoms with van der Waals surface area (Å²) < 4.78 is 41.5. The lowest BCUT2D eigenvalue weighted by molar-refractivity contribution is 0.0595. The van der Waals surface area contributed by atoms with Crippen molar-refractivity contribution >= 4 is 21.7 Å². The lowest BCUT2D eigenvalue weighted by Gasteiger charge is -2.06. The highest BCUT2D eigenvalue weighted by Gasteiger charge is 2.13. The molecule has 1 rings (SSSR count). The van der Waals surface area contributed by atoms with Crippen molar-refractivity contribution in [1.82, 2.24) is 0 Å². The molecule has 0 atom stereocenters. The highest BCUT2D eigenvalue weighted by Crippen LogP contribution is 2.16. The second kappa shape index (κ2) is 4.48. The van der Waals surface area contributed by atoms with E-state index >= 15 is 0 Å². The van der Waals surface area contributed by atoms with Crippen LogP contribution in [0.1, 0.15) is 10.4 Å². The maximum absolute atomic E-state index is 13.2. The van der Waals surface area contributed by atoms with E-state index in [1.165, 1.54) is 6.07 Å². The Bertz CT molecular complexity index is 512. The van der Waals surface area contributed by atoms with Crippen LogP contribution in [0.2, 0.25) is 0 Å². The van der Waals surface area contributed by atoms with Gasteiger partial charge in [0.1, 0.15) is 5.82 Å². The third kappa shape index (κ3) is 3.20. The van der Waals surface area contributed by atoms with Crippen molar-refractivity contribution < 1.29 is 22.3 Å². The van der Waals surface area contributed by atoms with Gasteiger partial charge in [-0.15, -0.1) is 0 Å². The van der Waals surface area contributed by atoms with Crippen molar-refractivity contribution in [2.45, 2.75) is 0 Å². The summed E-state index contributed by atoms with van der Waals surface area (Å²) in [5.74, 6) is -1.64. The maximum Gasteiger partial charge on any atom is 0.340 e. The Hall–Kier alpha value is -1.63. The Morgan fingerprint density at radius 2 is 2.06 bits per heavy atom. The summed E-state index contributed by atoms with van der Waals surface area (Å²) in [7, 11) is -2.35. The molecule has 0 unspecified atom stereocenters. The molecule has 16 heavy (non-hydrogen) atoms. The molecular formula is C9H10FNO4S. The van der Waals surface area contributed by atoms with E-state index in [1.54, 1.807) is 0 Å². The smallest absolute Gasteiger partial charge is 0.340 e. The Labute approximate surface area is 92.3 Å². The van der Waals surface area contributed by atoms with Gasteiger partial charge in [0.25, 0.3) is 0 Å². The third-order valence-electron chi connectivity index (χ3n) is 1.67. The van der Waals surface area contributed by atoms with E-state index in [9.17, 15) is 17.6 Å². The number of rotatable bonds is 3. The highest BCUT2D eigenvalue weighted by molar-refractivity contribution is 7.92. The van der Waals surface area contributed by atoms with Gasteiger partial charge in [-0.25, -0.2) is 17.6 Å². The van der Waals surface area contributed by atoms with Gasteiger partial charge in [0.15, 0.2) is 0 Å². The van der Waals surface area contributed by atoms with Crippen molar-refractivity contribution in [3.63, 3.8) is 0 Å². The van der Waals surface area contributed by atoms with Crippen LogP contribution in [0.4, 0.5) is 10.1 Å². The fraction of sp³-hybridized carbons (Fsp3) is 0.222. The van der Waals surface area contributed by atoms with Crippen LogP contribution in [0.3, 0.4) is 0 Å². The van der Waals surface area contributed by atoms with Crippen LogP contribution in [0.15, 0.2) is 18.2 Å². The lowest BCUT2D eigenvalue weighted by Crippen LogP contribution is -2.11. The van der Waals surface area contributed by atoms with Gasteiger partial charge in [0.05, 0.1) is 18.9 Å². The number of hydrogen-bond donors (Lipinski definition) is 1. The third-order valence-corrected chi connectivity index (χ3v) is 2.28. The minimum Gasteiger partial charge on any atom is -0.465 e. The van der Waals surface area contributed by atoms with Crippen LogP contribution < -0.4 is 4.72 Å². The van der Waals surface area contributed by atoms with Crippen LogP contribution in [-0.4, -0.2) is 27.8 Å². The van der Waals surface area contributed by atoms with Gasteiger partial charge in [0, 0.05) is 5.69 Å². The summed E-state index contributed by atoms with van der Waals surface area (Å²) >= 11 is 0. The summed E-state index contributed by atoms with van der Waals surface area (Å²) in [5.41, 5.74) is -0.222. The predicted octanol–water partition coefficient (Wildman–Crippen LogP) is 0.984. The standard InChI is InChI=1S/C9H10FNO4S/c1-15-9(12)7-5-6(3-4-8(7)10)11-16(2,13)14/h3-5,11H,1-2H3. The summed E-state index contributed by atoms with van der Waals surface area (Å²) in [6.07, 6.45) is 0.953. The SMILES string of the molecule is COC(=O)c1cc(NS(C)(=O)=O)ccc1F. The van der Waals surface area contributed by atoms with Gasteiger partial charge in [-0.2, -0.15) is 0 Å². The van der Waals surface area contributed by atoms with Crippen molar-refractivity contribution in [2.24, 2.45) is 0 Å². The topological polar surface area (TPSA) is 72.5 Å². The molecule has 0 bridgehead atoms. The van der Waals surface area contributed by atoms with E-state index in [0.717, 1.165) is 25.5 Å². The number of sulfonamides is 1. The molecule has 0 aliphatic carbocycles. The molecule has 88 valence electrons. The van der Waals surface area contributed by atoms with Gasteiger partial charge < -0.3 is 4.74 Å². The van der Waals surface area contributed by atoms with Gasteiger partial charge in [-0.1, -0.05) is 0 Å². The molecule has 0 aromatic heterocycles. The molecule has 1 aromatic rings. The molecule has 1 N–H and O–H groups in total. The second-order valence-corrected chi connectivity index (χ2v) is 4.81. The van der Waals surface area contributed by atoms with Crippen LogP contribution >= 0.6 is 0 Å². The monoisotopic (exact) mass is 247 g/mol. The molecule has 0 heterocycles. The summed E-state index contributed by atoms with van der Waals surface area (Å²) in [6.45, 7) is 0. The minimum absolute atomic E-state index is 0.101. The number of halogens is 1. The number of carbonyl (C=O) groups is 1. The van der Waals surface area contributed by atoms with Crippen LogP contribution in [-0.2, 0) is 14.8 Å². The number of hydrogen-bond acceptors (Lipinski definition) is 4. The lowest BCUT2D eigenvalue weighted by atomic mass is 10.2. The van der Waals surface area contributed by atoms with Gasteiger partial charge >= 0.3 is 5.97 Å². The highest BCUT2D eigenvalue weighted by atomic mass is 32.2.